The average Bonchev–Trinajstić information content (AvgIpc) is 2.31. The molecule has 0 aromatic carbocycles. The normalized spacial score (nSPS) is 27.2. The molecule has 0 saturated carbocycles. The molecular weight excluding hydrogens is 162 g/mol. The van der Waals surface area contributed by atoms with Crippen LogP contribution in [0.4, 0.5) is 0 Å². The number of hydrogen-bond acceptors (Lipinski definition) is 2. The van der Waals surface area contributed by atoms with Gasteiger partial charge in [-0.2, -0.15) is 0 Å². The molecule has 1 heterocycles. The van der Waals surface area contributed by atoms with Crippen molar-refractivity contribution in [2.75, 3.05) is 13.1 Å². The molecule has 1 saturated heterocycles. The van der Waals surface area contributed by atoms with Gasteiger partial charge in [0.15, 0.2) is 0 Å². The third kappa shape index (κ3) is 3.28. The van der Waals surface area contributed by atoms with Crippen molar-refractivity contribution in [2.24, 2.45) is 5.41 Å². The lowest BCUT2D eigenvalue weighted by Crippen LogP contribution is -2.29. The second kappa shape index (κ2) is 4.97. The van der Waals surface area contributed by atoms with E-state index in [9.17, 15) is 5.11 Å². The lowest BCUT2D eigenvalue weighted by molar-refractivity contribution is 0.0952. The van der Waals surface area contributed by atoms with Crippen LogP contribution in [0.15, 0.2) is 0 Å². The van der Waals surface area contributed by atoms with Gasteiger partial charge in [0, 0.05) is 24.5 Å². The Kier molecular flexibility index (Phi) is 4.93. The second-order valence-electron chi connectivity index (χ2n) is 4.53. The Morgan fingerprint density at radius 1 is 1.31 bits per heavy atom. The number of nitrogens with zero attached hydrogens (tertiary/aromatic N) is 1. The molecule has 1 unspecified atom stereocenters. The quantitative estimate of drug-likeness (QED) is 0.679. The first-order valence-electron chi connectivity index (χ1n) is 5.35. The number of hydrogen-bond donors (Lipinski definition) is 1. The van der Waals surface area contributed by atoms with Crippen molar-refractivity contribution >= 4 is 0 Å². The van der Waals surface area contributed by atoms with Gasteiger partial charge in [0.25, 0.3) is 0 Å². The average molecular weight is 187 g/mol. The van der Waals surface area contributed by atoms with Crippen molar-refractivity contribution in [3.05, 3.63) is 0 Å². The summed E-state index contributed by atoms with van der Waals surface area (Å²) in [5.41, 5.74) is 0.0876. The van der Waals surface area contributed by atoms with E-state index in [2.05, 4.69) is 32.6 Å². The van der Waals surface area contributed by atoms with Crippen LogP contribution in [0.2, 0.25) is 0 Å². The van der Waals surface area contributed by atoms with E-state index in [1.165, 1.54) is 0 Å². The van der Waals surface area contributed by atoms with Crippen molar-refractivity contribution in [1.82, 2.24) is 4.90 Å². The largest absolute Gasteiger partial charge is 0.391 e. The van der Waals surface area contributed by atoms with E-state index >= 15 is 0 Å². The Bertz CT molecular complexity index is 143. The molecule has 2 heteroatoms. The number of β-amino-alcohol motifs (C(OH)–C–C–N with tert-alkyl or cyclic N) is 1. The van der Waals surface area contributed by atoms with Gasteiger partial charge in [-0.05, 0) is 13.8 Å². The van der Waals surface area contributed by atoms with Crippen LogP contribution >= 0.6 is 0 Å². The van der Waals surface area contributed by atoms with Gasteiger partial charge in [-0.1, -0.05) is 27.7 Å². The minimum absolute atomic E-state index is 0.0876. The summed E-state index contributed by atoms with van der Waals surface area (Å²) in [6.07, 6.45) is -0.148. The fourth-order valence-corrected chi connectivity index (χ4v) is 1.56. The van der Waals surface area contributed by atoms with Crippen molar-refractivity contribution in [3.63, 3.8) is 0 Å². The number of aliphatic hydroxyl groups excluding tert-OH is 1. The third-order valence-corrected chi connectivity index (χ3v) is 2.65. The van der Waals surface area contributed by atoms with Crippen LogP contribution in [-0.4, -0.2) is 35.2 Å². The zero-order valence-corrected chi connectivity index (χ0v) is 9.96. The highest BCUT2D eigenvalue weighted by molar-refractivity contribution is 4.91. The van der Waals surface area contributed by atoms with E-state index in [1.807, 2.05) is 13.8 Å². The zero-order valence-electron chi connectivity index (χ0n) is 9.96. The molecule has 0 aromatic heterocycles. The molecule has 80 valence electrons. The summed E-state index contributed by atoms with van der Waals surface area (Å²) in [7, 11) is 0. The minimum Gasteiger partial charge on any atom is -0.391 e. The highest BCUT2D eigenvalue weighted by Crippen LogP contribution is 2.30. The van der Waals surface area contributed by atoms with Crippen molar-refractivity contribution < 1.29 is 5.11 Å². The minimum atomic E-state index is -0.148. The first-order chi connectivity index (χ1) is 5.93. The lowest BCUT2D eigenvalue weighted by atomic mass is 9.90. The third-order valence-electron chi connectivity index (χ3n) is 2.65. The van der Waals surface area contributed by atoms with E-state index < -0.39 is 0 Å². The Morgan fingerprint density at radius 2 is 1.77 bits per heavy atom. The second-order valence-corrected chi connectivity index (χ2v) is 4.53. The summed E-state index contributed by atoms with van der Waals surface area (Å²) >= 11 is 0. The zero-order chi connectivity index (χ0) is 10.6. The summed E-state index contributed by atoms with van der Waals surface area (Å²) in [5.74, 6) is 0. The van der Waals surface area contributed by atoms with Crippen molar-refractivity contribution in [2.45, 2.75) is 53.7 Å². The SMILES string of the molecule is CC.CC(C)N1CC(O)C(C)(C)C1. The summed E-state index contributed by atoms with van der Waals surface area (Å²) < 4.78 is 0. The molecule has 0 amide bonds. The summed E-state index contributed by atoms with van der Waals surface area (Å²) in [6.45, 7) is 14.5. The van der Waals surface area contributed by atoms with Gasteiger partial charge in [-0.15, -0.1) is 0 Å². The van der Waals surface area contributed by atoms with Crippen LogP contribution in [0.3, 0.4) is 0 Å². The van der Waals surface area contributed by atoms with E-state index in [0.717, 1.165) is 13.1 Å². The number of likely N-dealkylation sites (tertiary alicyclic amines) is 1. The van der Waals surface area contributed by atoms with Crippen molar-refractivity contribution in [1.29, 1.82) is 0 Å². The van der Waals surface area contributed by atoms with Gasteiger partial charge in [0.1, 0.15) is 0 Å². The highest BCUT2D eigenvalue weighted by Gasteiger charge is 2.38. The molecule has 1 fully saturated rings. The Labute approximate surface area is 82.9 Å². The summed E-state index contributed by atoms with van der Waals surface area (Å²) in [6, 6.07) is 0.562. The number of aliphatic hydroxyl groups is 1. The first kappa shape index (κ1) is 12.9. The van der Waals surface area contributed by atoms with E-state index in [1.54, 1.807) is 0 Å². The van der Waals surface area contributed by atoms with Gasteiger partial charge in [0.2, 0.25) is 0 Å². The molecule has 1 N–H and O–H groups in total. The topological polar surface area (TPSA) is 23.5 Å². The molecule has 1 rings (SSSR count). The predicted octanol–water partition coefficient (Wildman–Crippen LogP) is 2.12. The summed E-state index contributed by atoms with van der Waals surface area (Å²) in [4.78, 5) is 2.32. The molecule has 1 aliphatic rings. The van der Waals surface area contributed by atoms with E-state index in [0.29, 0.717) is 6.04 Å². The van der Waals surface area contributed by atoms with Crippen LogP contribution in [0, 0.1) is 5.41 Å². The van der Waals surface area contributed by atoms with Gasteiger partial charge >= 0.3 is 0 Å². The van der Waals surface area contributed by atoms with Crippen LogP contribution in [0.5, 0.6) is 0 Å². The van der Waals surface area contributed by atoms with Crippen LogP contribution in [0.25, 0.3) is 0 Å². The molecule has 0 aliphatic carbocycles. The molecular formula is C11H25NO. The Morgan fingerprint density at radius 3 is 1.92 bits per heavy atom. The maximum Gasteiger partial charge on any atom is 0.0730 e. The van der Waals surface area contributed by atoms with E-state index in [-0.39, 0.29) is 11.5 Å². The molecule has 2 nitrogen and oxygen atoms in total. The standard InChI is InChI=1S/C9H19NO.C2H6/c1-7(2)10-5-8(11)9(3,4)6-10;1-2/h7-8,11H,5-6H2,1-4H3;1-2H3. The van der Waals surface area contributed by atoms with E-state index in [4.69, 9.17) is 0 Å². The Hall–Kier alpha value is -0.0800. The lowest BCUT2D eigenvalue weighted by Gasteiger charge is -2.22. The van der Waals surface area contributed by atoms with Gasteiger partial charge in [-0.25, -0.2) is 0 Å². The van der Waals surface area contributed by atoms with Gasteiger partial charge in [0.05, 0.1) is 6.10 Å². The molecule has 0 bridgehead atoms. The van der Waals surface area contributed by atoms with Crippen LogP contribution in [0.1, 0.15) is 41.5 Å². The molecule has 0 radical (unpaired) electrons. The van der Waals surface area contributed by atoms with Crippen LogP contribution < -0.4 is 0 Å². The molecule has 1 aliphatic heterocycles. The predicted molar refractivity (Wildman–Crippen MR) is 57.8 cm³/mol. The summed E-state index contributed by atoms with van der Waals surface area (Å²) in [5, 5.41) is 9.63. The fourth-order valence-electron chi connectivity index (χ4n) is 1.56. The maximum atomic E-state index is 9.63. The molecule has 0 aromatic rings. The fraction of sp³-hybridized carbons (Fsp3) is 1.00. The van der Waals surface area contributed by atoms with Gasteiger partial charge < -0.3 is 5.11 Å². The molecule has 13 heavy (non-hydrogen) atoms. The monoisotopic (exact) mass is 187 g/mol. The first-order valence-corrected chi connectivity index (χ1v) is 5.35. The van der Waals surface area contributed by atoms with Gasteiger partial charge in [-0.3, -0.25) is 4.90 Å². The molecule has 0 spiro atoms. The highest BCUT2D eigenvalue weighted by atomic mass is 16.3. The van der Waals surface area contributed by atoms with Crippen LogP contribution in [-0.2, 0) is 0 Å². The maximum absolute atomic E-state index is 9.63. The van der Waals surface area contributed by atoms with Crippen molar-refractivity contribution in [3.8, 4) is 0 Å². The molecule has 1 atom stereocenters. The Balaban J connectivity index is 0.000000671. The number of rotatable bonds is 1. The smallest absolute Gasteiger partial charge is 0.0730 e.